The number of halogens is 1. The SMILES string of the molecule is CN=C(NCC(=O)N(C)CCc1ccccn1)NCC(C)Oc1cccc(OC)c1.I. The van der Waals surface area contributed by atoms with Crippen LogP contribution in [0.4, 0.5) is 0 Å². The van der Waals surface area contributed by atoms with E-state index in [0.717, 1.165) is 23.6 Å². The van der Waals surface area contributed by atoms with Crippen molar-refractivity contribution in [3.8, 4) is 11.5 Å². The highest BCUT2D eigenvalue weighted by Crippen LogP contribution is 2.19. The highest BCUT2D eigenvalue weighted by Gasteiger charge is 2.11. The first kappa shape index (κ1) is 26.5. The quantitative estimate of drug-likeness (QED) is 0.273. The number of benzene rings is 1. The summed E-state index contributed by atoms with van der Waals surface area (Å²) in [6, 6.07) is 13.2. The van der Waals surface area contributed by atoms with E-state index in [9.17, 15) is 4.79 Å². The summed E-state index contributed by atoms with van der Waals surface area (Å²) in [4.78, 5) is 22.5. The Kier molecular flexibility index (Phi) is 12.3. The van der Waals surface area contributed by atoms with Gasteiger partial charge >= 0.3 is 0 Å². The summed E-state index contributed by atoms with van der Waals surface area (Å²) in [5, 5.41) is 6.21. The van der Waals surface area contributed by atoms with Crippen molar-refractivity contribution in [2.75, 3.05) is 40.8 Å². The Labute approximate surface area is 201 Å². The number of aromatic nitrogens is 1. The molecule has 2 aromatic rings. The van der Waals surface area contributed by atoms with Gasteiger partial charge in [0, 0.05) is 45.0 Å². The summed E-state index contributed by atoms with van der Waals surface area (Å²) in [5.41, 5.74) is 0.965. The molecule has 0 saturated carbocycles. The fourth-order valence-corrected chi connectivity index (χ4v) is 2.66. The number of likely N-dealkylation sites (N-methyl/N-ethyl adjacent to an activating group) is 1. The van der Waals surface area contributed by atoms with Gasteiger partial charge in [-0.1, -0.05) is 12.1 Å². The molecule has 31 heavy (non-hydrogen) atoms. The molecule has 9 heteroatoms. The summed E-state index contributed by atoms with van der Waals surface area (Å²) in [6.45, 7) is 3.25. The number of nitrogens with zero attached hydrogens (tertiary/aromatic N) is 3. The van der Waals surface area contributed by atoms with Gasteiger partial charge in [0.15, 0.2) is 5.96 Å². The van der Waals surface area contributed by atoms with Gasteiger partial charge in [0.1, 0.15) is 17.6 Å². The van der Waals surface area contributed by atoms with Gasteiger partial charge in [-0.15, -0.1) is 24.0 Å². The molecule has 0 aliphatic rings. The molecule has 2 N–H and O–H groups in total. The first-order valence-corrected chi connectivity index (χ1v) is 9.91. The Morgan fingerprint density at radius 1 is 1.19 bits per heavy atom. The van der Waals surface area contributed by atoms with E-state index < -0.39 is 0 Å². The van der Waals surface area contributed by atoms with Crippen LogP contribution in [0.2, 0.25) is 0 Å². The van der Waals surface area contributed by atoms with E-state index in [2.05, 4.69) is 20.6 Å². The lowest BCUT2D eigenvalue weighted by Gasteiger charge is -2.20. The Balaban J connectivity index is 0.00000480. The number of carbonyl (C=O) groups excluding carboxylic acids is 1. The molecule has 0 spiro atoms. The second kappa shape index (κ2) is 14.4. The molecule has 0 radical (unpaired) electrons. The highest BCUT2D eigenvalue weighted by atomic mass is 127. The molecular weight excluding hydrogens is 509 g/mol. The molecule has 1 unspecified atom stereocenters. The molecule has 1 heterocycles. The van der Waals surface area contributed by atoms with Crippen LogP contribution >= 0.6 is 24.0 Å². The molecule has 0 fully saturated rings. The molecule has 1 atom stereocenters. The molecule has 1 amide bonds. The van der Waals surface area contributed by atoms with Crippen LogP contribution in [0.25, 0.3) is 0 Å². The molecule has 0 bridgehead atoms. The van der Waals surface area contributed by atoms with Gasteiger partial charge in [-0.2, -0.15) is 0 Å². The van der Waals surface area contributed by atoms with Crippen LogP contribution in [0.5, 0.6) is 11.5 Å². The zero-order valence-corrected chi connectivity index (χ0v) is 20.8. The van der Waals surface area contributed by atoms with Crippen molar-refractivity contribution >= 4 is 35.8 Å². The minimum absolute atomic E-state index is 0. The summed E-state index contributed by atoms with van der Waals surface area (Å²) >= 11 is 0. The minimum Gasteiger partial charge on any atom is -0.497 e. The molecular formula is C22H32IN5O3. The number of hydrogen-bond acceptors (Lipinski definition) is 5. The fraction of sp³-hybridized carbons (Fsp3) is 0.409. The maximum absolute atomic E-state index is 12.3. The van der Waals surface area contributed by atoms with Crippen molar-refractivity contribution in [3.05, 3.63) is 54.4 Å². The van der Waals surface area contributed by atoms with Crippen molar-refractivity contribution in [2.24, 2.45) is 4.99 Å². The maximum Gasteiger partial charge on any atom is 0.241 e. The van der Waals surface area contributed by atoms with E-state index in [1.54, 1.807) is 32.3 Å². The average molecular weight is 541 g/mol. The second-order valence-corrected chi connectivity index (χ2v) is 6.80. The molecule has 0 saturated heterocycles. The van der Waals surface area contributed by atoms with Crippen molar-refractivity contribution in [1.82, 2.24) is 20.5 Å². The zero-order valence-electron chi connectivity index (χ0n) is 18.5. The normalized spacial score (nSPS) is 11.7. The van der Waals surface area contributed by atoms with Gasteiger partial charge < -0.3 is 25.0 Å². The smallest absolute Gasteiger partial charge is 0.241 e. The van der Waals surface area contributed by atoms with Crippen LogP contribution in [0.3, 0.4) is 0 Å². The molecule has 170 valence electrons. The predicted octanol–water partition coefficient (Wildman–Crippen LogP) is 2.34. The van der Waals surface area contributed by atoms with Crippen molar-refractivity contribution in [3.63, 3.8) is 0 Å². The number of guanidine groups is 1. The van der Waals surface area contributed by atoms with Crippen LogP contribution < -0.4 is 20.1 Å². The first-order chi connectivity index (χ1) is 14.5. The van der Waals surface area contributed by atoms with Gasteiger partial charge in [0.25, 0.3) is 0 Å². The largest absolute Gasteiger partial charge is 0.497 e. The Bertz CT molecular complexity index is 820. The lowest BCUT2D eigenvalue weighted by atomic mass is 10.2. The van der Waals surface area contributed by atoms with E-state index in [1.807, 2.05) is 49.4 Å². The molecule has 0 aliphatic carbocycles. The van der Waals surface area contributed by atoms with Crippen molar-refractivity contribution in [2.45, 2.75) is 19.4 Å². The van der Waals surface area contributed by atoms with E-state index in [0.29, 0.717) is 19.0 Å². The number of nitrogens with one attached hydrogen (secondary N) is 2. The minimum atomic E-state index is -0.104. The second-order valence-electron chi connectivity index (χ2n) is 6.80. The van der Waals surface area contributed by atoms with Gasteiger partial charge in [0.2, 0.25) is 5.91 Å². The highest BCUT2D eigenvalue weighted by molar-refractivity contribution is 14.0. The maximum atomic E-state index is 12.3. The number of pyridine rings is 1. The third-order valence-corrected chi connectivity index (χ3v) is 4.42. The number of methoxy groups -OCH3 is 1. The van der Waals surface area contributed by atoms with Crippen LogP contribution in [-0.4, -0.2) is 68.7 Å². The van der Waals surface area contributed by atoms with Crippen molar-refractivity contribution < 1.29 is 14.3 Å². The Morgan fingerprint density at radius 3 is 2.65 bits per heavy atom. The average Bonchev–Trinajstić information content (AvgIpc) is 2.78. The van der Waals surface area contributed by atoms with Gasteiger partial charge in [-0.05, 0) is 31.2 Å². The predicted molar refractivity (Wildman–Crippen MR) is 133 cm³/mol. The van der Waals surface area contributed by atoms with Crippen LogP contribution in [0.15, 0.2) is 53.7 Å². The van der Waals surface area contributed by atoms with Crippen LogP contribution in [0.1, 0.15) is 12.6 Å². The summed E-state index contributed by atoms with van der Waals surface area (Å²) in [5.74, 6) is 2.00. The third kappa shape index (κ3) is 9.86. The van der Waals surface area contributed by atoms with Crippen LogP contribution in [0, 0.1) is 0 Å². The standard InChI is InChI=1S/C22H31N5O3.HI/c1-17(30-20-10-7-9-19(14-20)29-4)15-25-22(23-2)26-16-21(28)27(3)13-11-18-8-5-6-12-24-18;/h5-10,12,14,17H,11,13,15-16H2,1-4H3,(H2,23,25,26);1H. The summed E-state index contributed by atoms with van der Waals surface area (Å²) < 4.78 is 11.1. The number of amides is 1. The topological polar surface area (TPSA) is 88.1 Å². The van der Waals surface area contributed by atoms with Crippen LogP contribution in [-0.2, 0) is 11.2 Å². The summed E-state index contributed by atoms with van der Waals surface area (Å²) in [7, 11) is 5.07. The lowest BCUT2D eigenvalue weighted by molar-refractivity contribution is -0.128. The summed E-state index contributed by atoms with van der Waals surface area (Å²) in [6.07, 6.45) is 2.37. The molecule has 2 rings (SSSR count). The molecule has 8 nitrogen and oxygen atoms in total. The lowest BCUT2D eigenvalue weighted by Crippen LogP contribution is -2.46. The number of aliphatic imine (C=N–C) groups is 1. The van der Waals surface area contributed by atoms with Gasteiger partial charge in [-0.25, -0.2) is 0 Å². The van der Waals surface area contributed by atoms with E-state index in [4.69, 9.17) is 9.47 Å². The van der Waals surface area contributed by atoms with E-state index in [1.165, 1.54) is 0 Å². The zero-order chi connectivity index (χ0) is 21.8. The monoisotopic (exact) mass is 541 g/mol. The van der Waals surface area contributed by atoms with E-state index >= 15 is 0 Å². The fourth-order valence-electron chi connectivity index (χ4n) is 2.66. The van der Waals surface area contributed by atoms with Gasteiger partial charge in [-0.3, -0.25) is 14.8 Å². The number of rotatable bonds is 10. The molecule has 1 aromatic carbocycles. The third-order valence-electron chi connectivity index (χ3n) is 4.42. The van der Waals surface area contributed by atoms with Gasteiger partial charge in [0.05, 0.1) is 20.2 Å². The Morgan fingerprint density at radius 2 is 1.97 bits per heavy atom. The number of hydrogen-bond donors (Lipinski definition) is 2. The van der Waals surface area contributed by atoms with E-state index in [-0.39, 0.29) is 42.5 Å². The molecule has 1 aromatic heterocycles. The number of carbonyl (C=O) groups is 1. The first-order valence-electron chi connectivity index (χ1n) is 9.91. The number of ether oxygens (including phenoxy) is 2. The van der Waals surface area contributed by atoms with Crippen molar-refractivity contribution in [1.29, 1.82) is 0 Å². The molecule has 0 aliphatic heterocycles. The Hall–Kier alpha value is -2.56.